The molecular weight excluding hydrogens is 354 g/mol. The topological polar surface area (TPSA) is 106 Å². The second-order valence-electron chi connectivity index (χ2n) is 6.28. The molecule has 0 spiro atoms. The summed E-state index contributed by atoms with van der Waals surface area (Å²) in [5, 5.41) is 5.47. The van der Waals surface area contributed by atoms with Crippen LogP contribution in [0.2, 0.25) is 0 Å². The number of ether oxygens (including phenoxy) is 3. The number of hydrogen-bond acceptors (Lipinski definition) is 6. The number of nitrogens with zero attached hydrogens (tertiary/aromatic N) is 1. The Hall–Kier alpha value is -2.97. The zero-order valence-electron chi connectivity index (χ0n) is 15.2. The highest BCUT2D eigenvalue weighted by atomic mass is 16.7. The summed E-state index contributed by atoms with van der Waals surface area (Å²) in [6, 6.07) is 4.84. The molecule has 1 aromatic carbocycles. The number of benzene rings is 1. The fourth-order valence-corrected chi connectivity index (χ4v) is 3.00. The minimum absolute atomic E-state index is 0.0226. The van der Waals surface area contributed by atoms with Crippen LogP contribution in [0.4, 0.5) is 4.79 Å². The highest BCUT2D eigenvalue weighted by Gasteiger charge is 2.24. The van der Waals surface area contributed by atoms with Crippen LogP contribution in [0.25, 0.3) is 0 Å². The molecule has 0 atom stereocenters. The third-order valence-electron chi connectivity index (χ3n) is 4.43. The maximum Gasteiger partial charge on any atom is 0.409 e. The lowest BCUT2D eigenvalue weighted by Gasteiger charge is -2.31. The van der Waals surface area contributed by atoms with Gasteiger partial charge in [0.25, 0.3) is 5.91 Å². The average molecular weight is 377 g/mol. The molecule has 2 N–H and O–H groups in total. The van der Waals surface area contributed by atoms with Gasteiger partial charge in [-0.2, -0.15) is 0 Å². The van der Waals surface area contributed by atoms with Crippen LogP contribution in [0.5, 0.6) is 11.5 Å². The lowest BCUT2D eigenvalue weighted by atomic mass is 10.1. The Labute approximate surface area is 156 Å². The molecule has 9 nitrogen and oxygen atoms in total. The van der Waals surface area contributed by atoms with Crippen LogP contribution in [-0.2, 0) is 9.53 Å². The minimum atomic E-state index is -0.361. The SMILES string of the molecule is CCOC(=O)N1CCC(NC(=O)CNC(=O)c2ccc3c(c2)OCO3)CC1. The van der Waals surface area contributed by atoms with Gasteiger partial charge in [-0.15, -0.1) is 0 Å². The van der Waals surface area contributed by atoms with Gasteiger partial charge in [0.05, 0.1) is 13.2 Å². The van der Waals surface area contributed by atoms with E-state index in [1.54, 1.807) is 30.0 Å². The number of rotatable bonds is 5. The smallest absolute Gasteiger partial charge is 0.409 e. The number of carbonyl (C=O) groups is 3. The van der Waals surface area contributed by atoms with E-state index in [0.29, 0.717) is 49.6 Å². The summed E-state index contributed by atoms with van der Waals surface area (Å²) in [6.45, 7) is 3.20. The van der Waals surface area contributed by atoms with E-state index in [0.717, 1.165) is 0 Å². The Morgan fingerprint density at radius 3 is 2.67 bits per heavy atom. The number of fused-ring (bicyclic) bond motifs is 1. The number of likely N-dealkylation sites (tertiary alicyclic amines) is 1. The third-order valence-corrected chi connectivity index (χ3v) is 4.43. The first-order chi connectivity index (χ1) is 13.1. The van der Waals surface area contributed by atoms with Crippen LogP contribution in [0.15, 0.2) is 18.2 Å². The average Bonchev–Trinajstić information content (AvgIpc) is 3.14. The minimum Gasteiger partial charge on any atom is -0.454 e. The van der Waals surface area contributed by atoms with Crippen molar-refractivity contribution in [2.24, 2.45) is 0 Å². The summed E-state index contributed by atoms with van der Waals surface area (Å²) in [5.41, 5.74) is 0.398. The fraction of sp³-hybridized carbons (Fsp3) is 0.500. The Balaban J connectivity index is 1.40. The second-order valence-corrected chi connectivity index (χ2v) is 6.28. The zero-order chi connectivity index (χ0) is 19.2. The van der Waals surface area contributed by atoms with Crippen LogP contribution in [-0.4, -0.2) is 61.9 Å². The van der Waals surface area contributed by atoms with Crippen molar-refractivity contribution < 1.29 is 28.6 Å². The molecule has 2 aliphatic rings. The Bertz CT molecular complexity index is 715. The van der Waals surface area contributed by atoms with Gasteiger partial charge in [-0.05, 0) is 38.0 Å². The molecule has 0 unspecified atom stereocenters. The predicted octanol–water partition coefficient (Wildman–Crippen LogP) is 0.882. The molecule has 146 valence electrons. The van der Waals surface area contributed by atoms with Gasteiger partial charge in [0, 0.05) is 24.7 Å². The number of nitrogens with one attached hydrogen (secondary N) is 2. The van der Waals surface area contributed by atoms with Crippen LogP contribution in [0.1, 0.15) is 30.1 Å². The first-order valence-corrected chi connectivity index (χ1v) is 8.95. The van der Waals surface area contributed by atoms with E-state index in [-0.39, 0.29) is 37.3 Å². The van der Waals surface area contributed by atoms with Crippen molar-refractivity contribution in [2.45, 2.75) is 25.8 Å². The van der Waals surface area contributed by atoms with E-state index in [9.17, 15) is 14.4 Å². The summed E-state index contributed by atoms with van der Waals surface area (Å²) in [6.07, 6.45) is 0.986. The Morgan fingerprint density at radius 2 is 1.93 bits per heavy atom. The monoisotopic (exact) mass is 377 g/mol. The molecular formula is C18H23N3O6. The van der Waals surface area contributed by atoms with Crippen LogP contribution in [0.3, 0.4) is 0 Å². The van der Waals surface area contributed by atoms with E-state index in [2.05, 4.69) is 10.6 Å². The van der Waals surface area contributed by atoms with E-state index in [4.69, 9.17) is 14.2 Å². The molecule has 9 heteroatoms. The highest BCUT2D eigenvalue weighted by Crippen LogP contribution is 2.32. The van der Waals surface area contributed by atoms with Gasteiger partial charge < -0.3 is 29.7 Å². The first-order valence-electron chi connectivity index (χ1n) is 8.95. The number of amides is 3. The van der Waals surface area contributed by atoms with Crippen molar-refractivity contribution in [3.05, 3.63) is 23.8 Å². The highest BCUT2D eigenvalue weighted by molar-refractivity contribution is 5.97. The molecule has 27 heavy (non-hydrogen) atoms. The Morgan fingerprint density at radius 1 is 1.19 bits per heavy atom. The molecule has 0 aromatic heterocycles. The van der Waals surface area contributed by atoms with Gasteiger partial charge in [-0.25, -0.2) is 4.79 Å². The van der Waals surface area contributed by atoms with Crippen molar-refractivity contribution in [3.8, 4) is 11.5 Å². The van der Waals surface area contributed by atoms with Crippen LogP contribution >= 0.6 is 0 Å². The molecule has 3 amide bonds. The normalized spacial score (nSPS) is 16.0. The maximum absolute atomic E-state index is 12.2. The summed E-state index contributed by atoms with van der Waals surface area (Å²) in [7, 11) is 0. The van der Waals surface area contributed by atoms with Gasteiger partial charge in [0.15, 0.2) is 11.5 Å². The predicted molar refractivity (Wildman–Crippen MR) is 94.7 cm³/mol. The molecule has 1 saturated heterocycles. The van der Waals surface area contributed by atoms with Gasteiger partial charge in [0.2, 0.25) is 12.7 Å². The summed E-state index contributed by atoms with van der Waals surface area (Å²) in [4.78, 5) is 37.5. The number of carbonyl (C=O) groups excluding carboxylic acids is 3. The second kappa shape index (κ2) is 8.61. The quantitative estimate of drug-likeness (QED) is 0.789. The zero-order valence-corrected chi connectivity index (χ0v) is 15.2. The third kappa shape index (κ3) is 4.81. The first kappa shape index (κ1) is 18.8. The lowest BCUT2D eigenvalue weighted by molar-refractivity contribution is -0.121. The van der Waals surface area contributed by atoms with Gasteiger partial charge >= 0.3 is 6.09 Å². The molecule has 2 aliphatic heterocycles. The molecule has 0 bridgehead atoms. The summed E-state index contributed by atoms with van der Waals surface area (Å²) >= 11 is 0. The fourth-order valence-electron chi connectivity index (χ4n) is 3.00. The van der Waals surface area contributed by atoms with E-state index in [1.807, 2.05) is 0 Å². The molecule has 0 aliphatic carbocycles. The summed E-state index contributed by atoms with van der Waals surface area (Å²) in [5.74, 6) is 0.484. The largest absolute Gasteiger partial charge is 0.454 e. The molecule has 1 fully saturated rings. The van der Waals surface area contributed by atoms with E-state index < -0.39 is 0 Å². The van der Waals surface area contributed by atoms with Crippen molar-refractivity contribution in [1.82, 2.24) is 15.5 Å². The maximum atomic E-state index is 12.2. The molecule has 1 aromatic rings. The summed E-state index contributed by atoms with van der Waals surface area (Å²) < 4.78 is 15.4. The number of hydrogen-bond donors (Lipinski definition) is 2. The van der Waals surface area contributed by atoms with E-state index >= 15 is 0 Å². The van der Waals surface area contributed by atoms with Crippen molar-refractivity contribution in [2.75, 3.05) is 33.0 Å². The van der Waals surface area contributed by atoms with Gasteiger partial charge in [0.1, 0.15) is 0 Å². The van der Waals surface area contributed by atoms with Crippen molar-refractivity contribution in [3.63, 3.8) is 0 Å². The lowest BCUT2D eigenvalue weighted by Crippen LogP contribution is -2.48. The standard InChI is InChI=1S/C18H23N3O6/c1-2-25-18(24)21-7-5-13(6-8-21)20-16(22)10-19-17(23)12-3-4-14-15(9-12)27-11-26-14/h3-4,9,13H,2,5-8,10-11H2,1H3,(H,19,23)(H,20,22). The van der Waals surface area contributed by atoms with Crippen LogP contribution < -0.4 is 20.1 Å². The van der Waals surface area contributed by atoms with Gasteiger partial charge in [-0.3, -0.25) is 9.59 Å². The van der Waals surface area contributed by atoms with Crippen molar-refractivity contribution >= 4 is 17.9 Å². The molecule has 3 rings (SSSR count). The van der Waals surface area contributed by atoms with Crippen LogP contribution in [0, 0.1) is 0 Å². The number of piperidine rings is 1. The Kier molecular flexibility index (Phi) is 6.00. The van der Waals surface area contributed by atoms with Crippen molar-refractivity contribution in [1.29, 1.82) is 0 Å². The van der Waals surface area contributed by atoms with E-state index in [1.165, 1.54) is 0 Å². The molecule has 0 radical (unpaired) electrons. The van der Waals surface area contributed by atoms with Gasteiger partial charge in [-0.1, -0.05) is 0 Å². The molecule has 2 heterocycles. The molecule has 0 saturated carbocycles.